The van der Waals surface area contributed by atoms with Crippen LogP contribution in [-0.4, -0.2) is 24.4 Å². The Labute approximate surface area is 164 Å². The molecule has 4 rings (SSSR count). The summed E-state index contributed by atoms with van der Waals surface area (Å²) in [7, 11) is 0. The van der Waals surface area contributed by atoms with E-state index in [1.54, 1.807) is 11.8 Å². The predicted molar refractivity (Wildman–Crippen MR) is 108 cm³/mol. The minimum atomic E-state index is -0.177. The molecule has 1 aliphatic carbocycles. The number of amides is 1. The van der Waals surface area contributed by atoms with E-state index >= 15 is 0 Å². The zero-order valence-electron chi connectivity index (χ0n) is 15.6. The van der Waals surface area contributed by atoms with Gasteiger partial charge < -0.3 is 14.8 Å². The van der Waals surface area contributed by atoms with E-state index < -0.39 is 0 Å². The van der Waals surface area contributed by atoms with E-state index in [0.717, 1.165) is 42.1 Å². The molecule has 27 heavy (non-hydrogen) atoms. The smallest absolute Gasteiger partial charge is 0.233 e. The zero-order valence-corrected chi connectivity index (χ0v) is 16.4. The molecule has 0 bridgehead atoms. The molecule has 1 N–H and O–H groups in total. The maximum atomic E-state index is 12.8. The van der Waals surface area contributed by atoms with Crippen molar-refractivity contribution in [2.45, 2.75) is 48.8 Å². The first kappa shape index (κ1) is 18.2. The molecule has 4 nitrogen and oxygen atoms in total. The van der Waals surface area contributed by atoms with Crippen LogP contribution in [0.2, 0.25) is 0 Å². The maximum Gasteiger partial charge on any atom is 0.233 e. The summed E-state index contributed by atoms with van der Waals surface area (Å²) in [6.07, 6.45) is 4.11. The second kappa shape index (κ2) is 8.26. The van der Waals surface area contributed by atoms with Gasteiger partial charge >= 0.3 is 0 Å². The summed E-state index contributed by atoms with van der Waals surface area (Å²) in [6, 6.07) is 14.5. The third-order valence-corrected chi connectivity index (χ3v) is 6.18. The highest BCUT2D eigenvalue weighted by Crippen LogP contribution is 2.36. The molecule has 1 heterocycles. The largest absolute Gasteiger partial charge is 0.490 e. The lowest BCUT2D eigenvalue weighted by Gasteiger charge is -2.27. The number of fused-ring (bicyclic) bond motifs is 2. The van der Waals surface area contributed by atoms with Crippen molar-refractivity contribution in [2.24, 2.45) is 0 Å². The van der Waals surface area contributed by atoms with Gasteiger partial charge in [0.25, 0.3) is 0 Å². The van der Waals surface area contributed by atoms with Crippen molar-refractivity contribution in [1.29, 1.82) is 0 Å². The fourth-order valence-corrected chi connectivity index (χ4v) is 4.57. The molecule has 2 aromatic carbocycles. The number of carbonyl (C=O) groups excluding carboxylic acids is 1. The third-order valence-electron chi connectivity index (χ3n) is 5.09. The minimum Gasteiger partial charge on any atom is -0.490 e. The Morgan fingerprint density at radius 3 is 2.81 bits per heavy atom. The van der Waals surface area contributed by atoms with E-state index in [0.29, 0.717) is 13.2 Å². The van der Waals surface area contributed by atoms with Crippen LogP contribution in [0, 0.1) is 0 Å². The highest BCUT2D eigenvalue weighted by molar-refractivity contribution is 8.00. The van der Waals surface area contributed by atoms with Gasteiger partial charge in [-0.05, 0) is 55.5 Å². The Morgan fingerprint density at radius 1 is 1.11 bits per heavy atom. The quantitative estimate of drug-likeness (QED) is 0.789. The van der Waals surface area contributed by atoms with Gasteiger partial charge in [0, 0.05) is 11.3 Å². The molecule has 142 valence electrons. The van der Waals surface area contributed by atoms with Crippen LogP contribution in [0.5, 0.6) is 11.5 Å². The molecule has 0 saturated heterocycles. The number of hydrogen-bond donors (Lipinski definition) is 1. The molecule has 1 aliphatic heterocycles. The van der Waals surface area contributed by atoms with E-state index in [2.05, 4.69) is 29.6 Å². The zero-order chi connectivity index (χ0) is 18.6. The predicted octanol–water partition coefficient (Wildman–Crippen LogP) is 4.52. The molecule has 0 fully saturated rings. The summed E-state index contributed by atoms with van der Waals surface area (Å²) >= 11 is 1.55. The van der Waals surface area contributed by atoms with Crippen molar-refractivity contribution in [1.82, 2.24) is 5.32 Å². The van der Waals surface area contributed by atoms with Gasteiger partial charge in [0.2, 0.25) is 5.91 Å². The molecule has 5 heteroatoms. The first-order valence-electron chi connectivity index (χ1n) is 9.65. The van der Waals surface area contributed by atoms with Gasteiger partial charge in [-0.25, -0.2) is 0 Å². The minimum absolute atomic E-state index is 0.0776. The van der Waals surface area contributed by atoms with Crippen molar-refractivity contribution in [3.63, 3.8) is 0 Å². The molecule has 2 atom stereocenters. The summed E-state index contributed by atoms with van der Waals surface area (Å²) < 4.78 is 11.4. The number of nitrogens with one attached hydrogen (secondary N) is 1. The number of hydrogen-bond acceptors (Lipinski definition) is 4. The molecule has 0 saturated carbocycles. The van der Waals surface area contributed by atoms with Crippen molar-refractivity contribution in [3.8, 4) is 11.5 Å². The van der Waals surface area contributed by atoms with Crippen LogP contribution in [0.1, 0.15) is 43.4 Å². The van der Waals surface area contributed by atoms with Gasteiger partial charge in [-0.2, -0.15) is 0 Å². The summed E-state index contributed by atoms with van der Waals surface area (Å²) in [5.74, 6) is 1.63. The third kappa shape index (κ3) is 4.24. The van der Waals surface area contributed by atoms with Crippen LogP contribution in [-0.2, 0) is 11.2 Å². The van der Waals surface area contributed by atoms with E-state index in [9.17, 15) is 4.79 Å². The van der Waals surface area contributed by atoms with Crippen molar-refractivity contribution >= 4 is 17.7 Å². The SMILES string of the molecule is CC(Sc1ccc2c(c1)OCCCO2)C(=O)NC1CCCc2ccccc21. The Hall–Kier alpha value is -2.14. The van der Waals surface area contributed by atoms with Crippen molar-refractivity contribution in [2.75, 3.05) is 13.2 Å². The molecule has 0 radical (unpaired) electrons. The molecular formula is C22H25NO3S. The Morgan fingerprint density at radius 2 is 1.93 bits per heavy atom. The molecule has 1 amide bonds. The molecule has 2 aromatic rings. The highest BCUT2D eigenvalue weighted by atomic mass is 32.2. The van der Waals surface area contributed by atoms with Crippen LogP contribution >= 0.6 is 11.8 Å². The number of aryl methyl sites for hydroxylation is 1. The number of benzene rings is 2. The van der Waals surface area contributed by atoms with Gasteiger partial charge in [0.1, 0.15) is 0 Å². The van der Waals surface area contributed by atoms with Crippen LogP contribution in [0.3, 0.4) is 0 Å². The lowest BCUT2D eigenvalue weighted by Crippen LogP contribution is -2.35. The van der Waals surface area contributed by atoms with E-state index in [1.807, 2.05) is 25.1 Å². The number of rotatable bonds is 4. The van der Waals surface area contributed by atoms with E-state index in [-0.39, 0.29) is 17.2 Å². The Kier molecular flexibility index (Phi) is 5.58. The molecule has 2 aliphatic rings. The monoisotopic (exact) mass is 383 g/mol. The standard InChI is InChI=1S/C22H25NO3S/c1-15(27-17-10-11-20-21(14-17)26-13-5-12-25-20)22(24)23-19-9-4-7-16-6-2-3-8-18(16)19/h2-3,6,8,10-11,14-15,19H,4-5,7,9,12-13H2,1H3,(H,23,24). The summed E-state index contributed by atoms with van der Waals surface area (Å²) in [5.41, 5.74) is 2.63. The normalized spacial score (nSPS) is 19.5. The van der Waals surface area contributed by atoms with Crippen LogP contribution in [0.15, 0.2) is 47.4 Å². The highest BCUT2D eigenvalue weighted by Gasteiger charge is 2.24. The van der Waals surface area contributed by atoms with Crippen LogP contribution < -0.4 is 14.8 Å². The first-order chi connectivity index (χ1) is 13.2. The number of carbonyl (C=O) groups is 1. The van der Waals surface area contributed by atoms with Gasteiger partial charge in [0.15, 0.2) is 11.5 Å². The fraction of sp³-hybridized carbons (Fsp3) is 0.409. The van der Waals surface area contributed by atoms with Crippen LogP contribution in [0.4, 0.5) is 0 Å². The molecule has 0 aromatic heterocycles. The molecule has 0 spiro atoms. The first-order valence-corrected chi connectivity index (χ1v) is 10.5. The van der Waals surface area contributed by atoms with Gasteiger partial charge in [-0.1, -0.05) is 24.3 Å². The van der Waals surface area contributed by atoms with Gasteiger partial charge in [-0.15, -0.1) is 11.8 Å². The average Bonchev–Trinajstić information content (AvgIpc) is 2.93. The van der Waals surface area contributed by atoms with Crippen LogP contribution in [0.25, 0.3) is 0 Å². The average molecular weight is 384 g/mol. The molecule has 2 unspecified atom stereocenters. The second-order valence-electron chi connectivity index (χ2n) is 7.07. The van der Waals surface area contributed by atoms with Crippen molar-refractivity contribution < 1.29 is 14.3 Å². The number of ether oxygens (including phenoxy) is 2. The fourth-order valence-electron chi connectivity index (χ4n) is 3.67. The van der Waals surface area contributed by atoms with Gasteiger partial charge in [0.05, 0.1) is 24.5 Å². The van der Waals surface area contributed by atoms with Crippen molar-refractivity contribution in [3.05, 3.63) is 53.6 Å². The lowest BCUT2D eigenvalue weighted by molar-refractivity contribution is -0.121. The summed E-state index contributed by atoms with van der Waals surface area (Å²) in [4.78, 5) is 13.8. The molecular weight excluding hydrogens is 358 g/mol. The Balaban J connectivity index is 1.41. The Bertz CT molecular complexity index is 823. The summed E-state index contributed by atoms with van der Waals surface area (Å²) in [6.45, 7) is 3.30. The van der Waals surface area contributed by atoms with Gasteiger partial charge in [-0.3, -0.25) is 4.79 Å². The summed E-state index contributed by atoms with van der Waals surface area (Å²) in [5, 5.41) is 3.07. The van der Waals surface area contributed by atoms with E-state index in [1.165, 1.54) is 11.1 Å². The van der Waals surface area contributed by atoms with E-state index in [4.69, 9.17) is 9.47 Å². The maximum absolute atomic E-state index is 12.8. The lowest BCUT2D eigenvalue weighted by atomic mass is 9.88. The topological polar surface area (TPSA) is 47.6 Å². The second-order valence-corrected chi connectivity index (χ2v) is 8.49. The number of thioether (sulfide) groups is 1.